The molecule has 0 aromatic carbocycles. The molecule has 0 aliphatic carbocycles. The Morgan fingerprint density at radius 1 is 1.57 bits per heavy atom. The van der Waals surface area contributed by atoms with Gasteiger partial charge in [-0.1, -0.05) is 0 Å². The maximum absolute atomic E-state index is 10.9. The van der Waals surface area contributed by atoms with E-state index in [1.165, 1.54) is 6.26 Å². The first-order chi connectivity index (χ1) is 6.40. The van der Waals surface area contributed by atoms with E-state index in [2.05, 4.69) is 10.4 Å². The van der Waals surface area contributed by atoms with Crippen LogP contribution in [0, 0.1) is 0 Å². The molecule has 0 saturated heterocycles. The Morgan fingerprint density at radius 3 is 2.50 bits per heavy atom. The number of hydrogen-bond donors (Lipinski definition) is 2. The predicted octanol–water partition coefficient (Wildman–Crippen LogP) is -1.20. The van der Waals surface area contributed by atoms with Gasteiger partial charge in [0.25, 0.3) is 0 Å². The third-order valence-electron chi connectivity index (χ3n) is 1.60. The minimum Gasteiger partial charge on any atom is -0.344 e. The number of nitrogens with zero attached hydrogens (tertiary/aromatic N) is 2. The predicted molar refractivity (Wildman–Crippen MR) is 57.6 cm³/mol. The molecule has 14 heavy (non-hydrogen) atoms. The lowest BCUT2D eigenvalue weighted by Crippen LogP contribution is -2.44. The smallest absolute Gasteiger partial charge is 0.208 e. The summed E-state index contributed by atoms with van der Waals surface area (Å²) in [5.41, 5.74) is 2.42. The fourth-order valence-corrected chi connectivity index (χ4v) is 1.44. The summed E-state index contributed by atoms with van der Waals surface area (Å²) < 4.78 is 21.8. The maximum atomic E-state index is 10.9. The van der Waals surface area contributed by atoms with E-state index in [4.69, 9.17) is 5.84 Å². The Kier molecular flexibility index (Phi) is 5.47. The van der Waals surface area contributed by atoms with Crippen LogP contribution in [0.2, 0.25) is 0 Å². The van der Waals surface area contributed by atoms with Gasteiger partial charge in [-0.2, -0.15) is 0 Å². The van der Waals surface area contributed by atoms with Crippen molar-refractivity contribution in [3.05, 3.63) is 0 Å². The second kappa shape index (κ2) is 5.82. The van der Waals surface area contributed by atoms with E-state index in [-0.39, 0.29) is 5.75 Å². The van der Waals surface area contributed by atoms with Crippen molar-refractivity contribution in [3.8, 4) is 0 Å². The van der Waals surface area contributed by atoms with Gasteiger partial charge in [-0.25, -0.2) is 14.3 Å². The molecule has 0 heterocycles. The van der Waals surface area contributed by atoms with Gasteiger partial charge in [-0.05, 0) is 6.92 Å². The molecule has 0 saturated carbocycles. The van der Waals surface area contributed by atoms with Gasteiger partial charge in [0, 0.05) is 26.4 Å². The Bertz CT molecular complexity index is 286. The summed E-state index contributed by atoms with van der Waals surface area (Å²) in [6.45, 7) is 2.85. The van der Waals surface area contributed by atoms with Crippen LogP contribution in [0.3, 0.4) is 0 Å². The first-order valence-electron chi connectivity index (χ1n) is 4.30. The zero-order valence-electron chi connectivity index (χ0n) is 8.82. The number of aliphatic imine (C=N–C) groups is 1. The van der Waals surface area contributed by atoms with Crippen molar-refractivity contribution in [2.75, 3.05) is 32.1 Å². The highest BCUT2D eigenvalue weighted by Crippen LogP contribution is 1.89. The lowest BCUT2D eigenvalue weighted by Gasteiger charge is -2.19. The minimum absolute atomic E-state index is 0.0912. The minimum atomic E-state index is -2.94. The van der Waals surface area contributed by atoms with E-state index in [9.17, 15) is 8.42 Å². The van der Waals surface area contributed by atoms with Crippen LogP contribution in [-0.2, 0) is 9.84 Å². The van der Waals surface area contributed by atoms with Gasteiger partial charge in [0.2, 0.25) is 5.96 Å². The molecule has 7 heteroatoms. The van der Waals surface area contributed by atoms with Gasteiger partial charge < -0.3 is 4.90 Å². The standard InChI is InChI=1S/C7H18N4O2S/c1-4-9-7(10-8)11(2)5-6-14(3,12)13/h4-6,8H2,1-3H3,(H,9,10). The van der Waals surface area contributed by atoms with E-state index >= 15 is 0 Å². The summed E-state index contributed by atoms with van der Waals surface area (Å²) in [5, 5.41) is 0. The Morgan fingerprint density at radius 2 is 2.14 bits per heavy atom. The number of nitrogens with two attached hydrogens (primary N) is 1. The van der Waals surface area contributed by atoms with Gasteiger partial charge >= 0.3 is 0 Å². The molecule has 0 atom stereocenters. The zero-order chi connectivity index (χ0) is 11.2. The zero-order valence-corrected chi connectivity index (χ0v) is 9.63. The number of guanidine groups is 1. The molecule has 0 aromatic rings. The van der Waals surface area contributed by atoms with Crippen LogP contribution in [0.4, 0.5) is 0 Å². The van der Waals surface area contributed by atoms with Crippen LogP contribution >= 0.6 is 0 Å². The number of hydrogen-bond acceptors (Lipinski definition) is 4. The van der Waals surface area contributed by atoms with Crippen LogP contribution in [-0.4, -0.2) is 51.4 Å². The summed E-state index contributed by atoms with van der Waals surface area (Å²) in [4.78, 5) is 5.73. The molecule has 84 valence electrons. The molecule has 0 spiro atoms. The second-order valence-electron chi connectivity index (χ2n) is 2.99. The summed E-state index contributed by atoms with van der Waals surface area (Å²) in [5.74, 6) is 5.81. The molecule has 0 aliphatic rings. The van der Waals surface area contributed by atoms with E-state index in [0.29, 0.717) is 19.0 Å². The van der Waals surface area contributed by atoms with Gasteiger partial charge in [0.15, 0.2) is 0 Å². The molecule has 0 radical (unpaired) electrons. The van der Waals surface area contributed by atoms with Crippen LogP contribution in [0.25, 0.3) is 0 Å². The van der Waals surface area contributed by atoms with Gasteiger partial charge in [-0.15, -0.1) is 0 Å². The quantitative estimate of drug-likeness (QED) is 0.270. The van der Waals surface area contributed by atoms with E-state index in [0.717, 1.165) is 0 Å². The maximum Gasteiger partial charge on any atom is 0.208 e. The molecule has 0 fully saturated rings. The number of sulfone groups is 1. The molecule has 0 unspecified atom stereocenters. The molecule has 0 rings (SSSR count). The summed E-state index contributed by atoms with van der Waals surface area (Å²) in [6.07, 6.45) is 1.20. The van der Waals surface area contributed by atoms with Crippen molar-refractivity contribution >= 4 is 15.8 Å². The molecule has 6 nitrogen and oxygen atoms in total. The topological polar surface area (TPSA) is 87.8 Å². The third-order valence-corrected chi connectivity index (χ3v) is 2.52. The normalized spacial score (nSPS) is 12.7. The first kappa shape index (κ1) is 13.2. The molecule has 3 N–H and O–H groups in total. The Balaban J connectivity index is 4.19. The lowest BCUT2D eigenvalue weighted by molar-refractivity contribution is 0.504. The van der Waals surface area contributed by atoms with Crippen molar-refractivity contribution in [2.24, 2.45) is 10.8 Å². The van der Waals surface area contributed by atoms with Crippen LogP contribution in [0.5, 0.6) is 0 Å². The van der Waals surface area contributed by atoms with Crippen LogP contribution in [0.15, 0.2) is 4.99 Å². The monoisotopic (exact) mass is 222 g/mol. The van der Waals surface area contributed by atoms with E-state index in [1.807, 2.05) is 6.92 Å². The van der Waals surface area contributed by atoms with Gasteiger partial charge in [0.05, 0.1) is 5.75 Å². The highest BCUT2D eigenvalue weighted by atomic mass is 32.2. The van der Waals surface area contributed by atoms with Crippen molar-refractivity contribution in [3.63, 3.8) is 0 Å². The molecule has 0 bridgehead atoms. The Labute approximate surface area is 85.1 Å². The highest BCUT2D eigenvalue weighted by molar-refractivity contribution is 7.90. The largest absolute Gasteiger partial charge is 0.344 e. The average molecular weight is 222 g/mol. The first-order valence-corrected chi connectivity index (χ1v) is 6.36. The fraction of sp³-hybridized carbons (Fsp3) is 0.857. The van der Waals surface area contributed by atoms with Crippen molar-refractivity contribution in [1.29, 1.82) is 0 Å². The van der Waals surface area contributed by atoms with E-state index in [1.54, 1.807) is 11.9 Å². The summed E-state index contributed by atoms with van der Waals surface area (Å²) in [7, 11) is -1.21. The SMILES string of the molecule is CCN=C(NN)N(C)CCS(C)(=O)=O. The van der Waals surface area contributed by atoms with Gasteiger partial charge in [-0.3, -0.25) is 10.4 Å². The number of nitrogens with one attached hydrogen (secondary N) is 1. The fourth-order valence-electron chi connectivity index (χ4n) is 0.835. The third kappa shape index (κ3) is 5.76. The molecular weight excluding hydrogens is 204 g/mol. The van der Waals surface area contributed by atoms with Gasteiger partial charge in [0.1, 0.15) is 9.84 Å². The lowest BCUT2D eigenvalue weighted by atomic mass is 10.6. The Hall–Kier alpha value is -0.820. The van der Waals surface area contributed by atoms with Crippen LogP contribution in [0.1, 0.15) is 6.92 Å². The van der Waals surface area contributed by atoms with Crippen molar-refractivity contribution in [1.82, 2.24) is 10.3 Å². The highest BCUT2D eigenvalue weighted by Gasteiger charge is 2.08. The molecular formula is C7H18N4O2S. The molecule has 0 amide bonds. The van der Waals surface area contributed by atoms with E-state index < -0.39 is 9.84 Å². The number of hydrazine groups is 1. The number of rotatable bonds is 4. The van der Waals surface area contributed by atoms with Crippen molar-refractivity contribution in [2.45, 2.75) is 6.92 Å². The summed E-state index contributed by atoms with van der Waals surface area (Å²) >= 11 is 0. The van der Waals surface area contributed by atoms with Crippen LogP contribution < -0.4 is 11.3 Å². The summed E-state index contributed by atoms with van der Waals surface area (Å²) in [6, 6.07) is 0. The molecule has 0 aliphatic heterocycles. The molecule has 0 aromatic heterocycles. The van der Waals surface area contributed by atoms with Crippen molar-refractivity contribution < 1.29 is 8.42 Å². The second-order valence-corrected chi connectivity index (χ2v) is 5.25. The average Bonchev–Trinajstić information content (AvgIpc) is 2.09.